The van der Waals surface area contributed by atoms with Gasteiger partial charge in [-0.2, -0.15) is 0 Å². The molecular weight excluding hydrogens is 540 g/mol. The first-order valence-corrected chi connectivity index (χ1v) is 20.2. The van der Waals surface area contributed by atoms with E-state index >= 15 is 0 Å². The fourth-order valence-corrected chi connectivity index (χ4v) is 6.47. The van der Waals surface area contributed by atoms with Crippen LogP contribution in [-0.4, -0.2) is 17.2 Å². The average Bonchev–Trinajstić information content (AvgIpc) is 3.01. The van der Waals surface area contributed by atoms with E-state index in [0.717, 1.165) is 12.8 Å². The second kappa shape index (κ2) is 36.5. The molecule has 0 aliphatic carbocycles. The van der Waals surface area contributed by atoms with Crippen LogP contribution in [0.25, 0.3) is 0 Å². The highest BCUT2D eigenvalue weighted by atomic mass is 16.5. The lowest BCUT2D eigenvalue weighted by Gasteiger charge is -2.20. The predicted molar refractivity (Wildman–Crippen MR) is 195 cm³/mol. The number of carboxylic acids is 1. The minimum Gasteiger partial charge on any atom is -0.495 e. The maximum absolute atomic E-state index is 11.0. The summed E-state index contributed by atoms with van der Waals surface area (Å²) in [4.78, 5) is 11.0. The number of rotatable bonds is 38. The Labute approximate surface area is 277 Å². The lowest BCUT2D eigenvalue weighted by Crippen LogP contribution is -2.13. The molecule has 0 aliphatic rings. The molecule has 3 heteroatoms. The van der Waals surface area contributed by atoms with Gasteiger partial charge in [0, 0.05) is 6.42 Å². The van der Waals surface area contributed by atoms with Crippen LogP contribution in [0, 0.1) is 0 Å². The van der Waals surface area contributed by atoms with Crippen LogP contribution < -0.4 is 0 Å². The van der Waals surface area contributed by atoms with Crippen molar-refractivity contribution < 1.29 is 14.6 Å². The van der Waals surface area contributed by atoms with Crippen LogP contribution in [0.5, 0.6) is 0 Å². The van der Waals surface area contributed by atoms with Crippen LogP contribution in [-0.2, 0) is 9.53 Å². The van der Waals surface area contributed by atoms with Crippen molar-refractivity contribution in [1.82, 2.24) is 0 Å². The average molecular weight is 621 g/mol. The SMILES string of the molecule is C=C(CCC(=O)O)OC(CCCCCCCCCCCCCCCCC)CCCCCCCCCCCCCCCCCC. The Morgan fingerprint density at radius 2 is 0.705 bits per heavy atom. The summed E-state index contributed by atoms with van der Waals surface area (Å²) in [5, 5.41) is 9.01. The molecule has 0 aromatic carbocycles. The van der Waals surface area contributed by atoms with Crippen molar-refractivity contribution >= 4 is 5.97 Å². The molecule has 0 bridgehead atoms. The summed E-state index contributed by atoms with van der Waals surface area (Å²) in [6, 6.07) is 0. The summed E-state index contributed by atoms with van der Waals surface area (Å²) < 4.78 is 6.19. The van der Waals surface area contributed by atoms with Crippen molar-refractivity contribution in [2.45, 2.75) is 245 Å². The number of carboxylic acid groups (broad SMARTS) is 1. The minimum absolute atomic E-state index is 0.115. The summed E-state index contributed by atoms with van der Waals surface area (Å²) >= 11 is 0. The standard InChI is InChI=1S/C41H80O3/c1-4-6-8-10-12-14-16-18-20-22-24-26-28-30-32-34-36-40(44-39(3)37-38-41(42)43)35-33-31-29-27-25-23-21-19-17-15-13-11-9-7-5-2/h40H,3-38H2,1-2H3,(H,42,43). The monoisotopic (exact) mass is 621 g/mol. The van der Waals surface area contributed by atoms with E-state index in [-0.39, 0.29) is 12.5 Å². The second-order valence-corrected chi connectivity index (χ2v) is 14.0. The molecule has 262 valence electrons. The number of unbranched alkanes of at least 4 members (excludes halogenated alkanes) is 29. The van der Waals surface area contributed by atoms with E-state index in [9.17, 15) is 4.79 Å². The summed E-state index contributed by atoms with van der Waals surface area (Å²) in [6.45, 7) is 8.61. The lowest BCUT2D eigenvalue weighted by molar-refractivity contribution is -0.137. The molecule has 1 N–H and O–H groups in total. The van der Waals surface area contributed by atoms with Gasteiger partial charge in [-0.25, -0.2) is 0 Å². The molecule has 0 aromatic rings. The normalized spacial score (nSPS) is 12.0. The van der Waals surface area contributed by atoms with Crippen LogP contribution in [0.1, 0.15) is 239 Å². The third-order valence-electron chi connectivity index (χ3n) is 9.46. The van der Waals surface area contributed by atoms with Gasteiger partial charge >= 0.3 is 5.97 Å². The van der Waals surface area contributed by atoms with Crippen molar-refractivity contribution in [2.75, 3.05) is 0 Å². The molecule has 44 heavy (non-hydrogen) atoms. The van der Waals surface area contributed by atoms with E-state index in [1.165, 1.54) is 199 Å². The molecule has 1 unspecified atom stereocenters. The third-order valence-corrected chi connectivity index (χ3v) is 9.46. The van der Waals surface area contributed by atoms with Gasteiger partial charge in [0.05, 0.1) is 18.3 Å². The molecule has 0 spiro atoms. The highest BCUT2D eigenvalue weighted by Gasteiger charge is 2.12. The molecular formula is C41H80O3. The van der Waals surface area contributed by atoms with E-state index in [2.05, 4.69) is 20.4 Å². The molecule has 0 rings (SSSR count). The van der Waals surface area contributed by atoms with Gasteiger partial charge in [-0.1, -0.05) is 207 Å². The first-order valence-electron chi connectivity index (χ1n) is 20.2. The Balaban J connectivity index is 3.81. The van der Waals surface area contributed by atoms with E-state index in [1.807, 2.05) is 0 Å². The fraction of sp³-hybridized carbons (Fsp3) is 0.927. The number of hydrogen-bond acceptors (Lipinski definition) is 2. The largest absolute Gasteiger partial charge is 0.495 e. The Bertz CT molecular complexity index is 586. The van der Waals surface area contributed by atoms with E-state index < -0.39 is 5.97 Å². The quantitative estimate of drug-likeness (QED) is 0.0551. The van der Waals surface area contributed by atoms with E-state index in [0.29, 0.717) is 12.2 Å². The molecule has 0 heterocycles. The zero-order chi connectivity index (χ0) is 32.2. The van der Waals surface area contributed by atoms with E-state index in [4.69, 9.17) is 9.84 Å². The van der Waals surface area contributed by atoms with Crippen molar-refractivity contribution in [3.8, 4) is 0 Å². The molecule has 0 aliphatic heterocycles. The highest BCUT2D eigenvalue weighted by Crippen LogP contribution is 2.21. The van der Waals surface area contributed by atoms with Crippen molar-refractivity contribution in [3.63, 3.8) is 0 Å². The third kappa shape index (κ3) is 35.5. The first kappa shape index (κ1) is 43.0. The maximum atomic E-state index is 11.0. The molecule has 0 saturated carbocycles. The van der Waals surface area contributed by atoms with Crippen molar-refractivity contribution in [1.29, 1.82) is 0 Å². The molecule has 0 radical (unpaired) electrons. The minimum atomic E-state index is -0.772. The van der Waals surface area contributed by atoms with Gasteiger partial charge in [0.2, 0.25) is 0 Å². The zero-order valence-electron chi connectivity index (χ0n) is 30.3. The van der Waals surface area contributed by atoms with Crippen LogP contribution in [0.15, 0.2) is 12.3 Å². The van der Waals surface area contributed by atoms with Crippen LogP contribution in [0.4, 0.5) is 0 Å². The number of ether oxygens (including phenoxy) is 1. The van der Waals surface area contributed by atoms with Gasteiger partial charge < -0.3 is 9.84 Å². The summed E-state index contributed by atoms with van der Waals surface area (Å²) in [6.07, 6.45) is 46.0. The number of allylic oxidation sites excluding steroid dienone is 1. The smallest absolute Gasteiger partial charge is 0.303 e. The first-order chi connectivity index (χ1) is 21.6. The number of carbonyl (C=O) groups is 1. The van der Waals surface area contributed by atoms with Gasteiger partial charge in [-0.15, -0.1) is 0 Å². The van der Waals surface area contributed by atoms with Crippen LogP contribution in [0.3, 0.4) is 0 Å². The van der Waals surface area contributed by atoms with Crippen molar-refractivity contribution in [2.24, 2.45) is 0 Å². The maximum Gasteiger partial charge on any atom is 0.303 e. The van der Waals surface area contributed by atoms with Gasteiger partial charge in [-0.3, -0.25) is 4.79 Å². The van der Waals surface area contributed by atoms with Crippen molar-refractivity contribution in [3.05, 3.63) is 12.3 Å². The Kier molecular flexibility index (Phi) is 35.7. The van der Waals surface area contributed by atoms with Crippen LogP contribution in [0.2, 0.25) is 0 Å². The molecule has 1 atom stereocenters. The summed E-state index contributed by atoms with van der Waals surface area (Å²) in [5.74, 6) is -0.110. The number of aliphatic carboxylic acids is 1. The topological polar surface area (TPSA) is 46.5 Å². The van der Waals surface area contributed by atoms with E-state index in [1.54, 1.807) is 0 Å². The molecule has 0 amide bonds. The fourth-order valence-electron chi connectivity index (χ4n) is 6.47. The highest BCUT2D eigenvalue weighted by molar-refractivity contribution is 5.66. The molecule has 3 nitrogen and oxygen atoms in total. The molecule has 0 fully saturated rings. The number of hydrogen-bond donors (Lipinski definition) is 1. The molecule has 0 saturated heterocycles. The van der Waals surface area contributed by atoms with Gasteiger partial charge in [0.25, 0.3) is 0 Å². The Hall–Kier alpha value is -0.990. The zero-order valence-corrected chi connectivity index (χ0v) is 30.3. The Morgan fingerprint density at radius 3 is 0.955 bits per heavy atom. The van der Waals surface area contributed by atoms with Gasteiger partial charge in [0.15, 0.2) is 0 Å². The van der Waals surface area contributed by atoms with Crippen LogP contribution >= 0.6 is 0 Å². The summed E-state index contributed by atoms with van der Waals surface area (Å²) in [7, 11) is 0. The second-order valence-electron chi connectivity index (χ2n) is 14.0. The predicted octanol–water partition coefficient (Wildman–Crippen LogP) is 14.7. The Morgan fingerprint density at radius 1 is 0.455 bits per heavy atom. The van der Waals surface area contributed by atoms with Gasteiger partial charge in [-0.05, 0) is 25.7 Å². The summed E-state index contributed by atoms with van der Waals surface area (Å²) in [5.41, 5.74) is 0. The lowest BCUT2D eigenvalue weighted by atomic mass is 10.0. The van der Waals surface area contributed by atoms with Gasteiger partial charge in [0.1, 0.15) is 0 Å². The molecule has 0 aromatic heterocycles.